The fourth-order valence-electron chi connectivity index (χ4n) is 3.35. The molecule has 1 amide bonds. The molecule has 3 aromatic carbocycles. The van der Waals surface area contributed by atoms with Crippen molar-refractivity contribution in [2.24, 2.45) is 0 Å². The molecule has 0 atom stereocenters. The summed E-state index contributed by atoms with van der Waals surface area (Å²) in [5.41, 5.74) is 5.27. The Bertz CT molecular complexity index is 1220. The minimum Gasteiger partial charge on any atom is -0.493 e. The predicted molar refractivity (Wildman–Crippen MR) is 132 cm³/mol. The number of benzene rings is 3. The van der Waals surface area contributed by atoms with Gasteiger partial charge in [-0.05, 0) is 67.4 Å². The Morgan fingerprint density at radius 2 is 1.78 bits per heavy atom. The number of amides is 1. The number of hydrogen-bond acceptors (Lipinski definition) is 4. The van der Waals surface area contributed by atoms with E-state index >= 15 is 0 Å². The van der Waals surface area contributed by atoms with E-state index in [1.54, 1.807) is 11.3 Å². The van der Waals surface area contributed by atoms with Crippen LogP contribution in [0.25, 0.3) is 11.1 Å². The average Bonchev–Trinajstić information content (AvgIpc) is 3.20. The van der Waals surface area contributed by atoms with E-state index in [-0.39, 0.29) is 5.91 Å². The van der Waals surface area contributed by atoms with Crippen molar-refractivity contribution in [3.05, 3.63) is 99.0 Å². The average molecular weight is 463 g/mol. The van der Waals surface area contributed by atoms with Crippen LogP contribution in [-0.4, -0.2) is 17.5 Å². The largest absolute Gasteiger partial charge is 0.493 e. The van der Waals surface area contributed by atoms with Crippen molar-refractivity contribution >= 4 is 34.5 Å². The first kappa shape index (κ1) is 22.1. The van der Waals surface area contributed by atoms with Crippen molar-refractivity contribution in [2.45, 2.75) is 20.3 Å². The van der Waals surface area contributed by atoms with Crippen LogP contribution in [-0.2, 0) is 6.42 Å². The van der Waals surface area contributed by atoms with E-state index in [0.717, 1.165) is 39.6 Å². The van der Waals surface area contributed by atoms with Gasteiger partial charge in [-0.25, -0.2) is 4.98 Å². The number of carbonyl (C=O) groups excluding carboxylic acids is 1. The van der Waals surface area contributed by atoms with Crippen LogP contribution in [0.15, 0.2) is 72.1 Å². The Morgan fingerprint density at radius 3 is 2.47 bits per heavy atom. The van der Waals surface area contributed by atoms with Gasteiger partial charge in [0.15, 0.2) is 0 Å². The van der Waals surface area contributed by atoms with Gasteiger partial charge in [-0.1, -0.05) is 41.4 Å². The Morgan fingerprint density at radius 1 is 1.03 bits per heavy atom. The van der Waals surface area contributed by atoms with Gasteiger partial charge in [0.2, 0.25) is 0 Å². The fraction of sp³-hybridized carbons (Fsp3) is 0.154. The Hall–Kier alpha value is -3.15. The fourth-order valence-corrected chi connectivity index (χ4v) is 4.13. The lowest BCUT2D eigenvalue weighted by atomic mass is 9.97. The molecule has 0 bridgehead atoms. The van der Waals surface area contributed by atoms with Crippen LogP contribution in [0.4, 0.5) is 5.69 Å². The summed E-state index contributed by atoms with van der Waals surface area (Å²) in [7, 11) is 0. The molecule has 0 saturated carbocycles. The van der Waals surface area contributed by atoms with Crippen molar-refractivity contribution in [3.63, 3.8) is 0 Å². The van der Waals surface area contributed by atoms with E-state index < -0.39 is 0 Å². The summed E-state index contributed by atoms with van der Waals surface area (Å²) < 4.78 is 5.80. The summed E-state index contributed by atoms with van der Waals surface area (Å²) in [5.74, 6) is 0.592. The maximum absolute atomic E-state index is 13.0. The van der Waals surface area contributed by atoms with Crippen molar-refractivity contribution in [1.29, 1.82) is 0 Å². The second-order valence-electron chi connectivity index (χ2n) is 7.49. The van der Waals surface area contributed by atoms with Gasteiger partial charge in [-0.2, -0.15) is 0 Å². The van der Waals surface area contributed by atoms with Crippen LogP contribution in [0.1, 0.15) is 26.6 Å². The molecule has 4 nitrogen and oxygen atoms in total. The lowest BCUT2D eigenvalue weighted by molar-refractivity contribution is 0.102. The lowest BCUT2D eigenvalue weighted by Crippen LogP contribution is -2.13. The number of halogens is 1. The van der Waals surface area contributed by atoms with E-state index in [4.69, 9.17) is 16.3 Å². The highest BCUT2D eigenvalue weighted by Gasteiger charge is 2.14. The Kier molecular flexibility index (Phi) is 6.88. The van der Waals surface area contributed by atoms with Crippen LogP contribution in [0.2, 0.25) is 5.02 Å². The first-order chi connectivity index (χ1) is 15.5. The standard InChI is InChI=1S/C26H23ClN2O2S/c1-17-3-12-24(25(15-17)19-4-6-20(27)7-5-19)26(30)29-21-8-10-23(11-9-21)31-14-13-22-16-32-18(2)28-22/h3-12,15-16H,13-14H2,1-2H3,(H,29,30). The van der Waals surface area contributed by atoms with Gasteiger partial charge in [0.1, 0.15) is 5.75 Å². The number of aromatic nitrogens is 1. The molecular formula is C26H23ClN2O2S. The van der Waals surface area contributed by atoms with E-state index in [1.807, 2.05) is 80.6 Å². The van der Waals surface area contributed by atoms with Crippen LogP contribution in [0.5, 0.6) is 5.75 Å². The number of rotatable bonds is 7. The van der Waals surface area contributed by atoms with E-state index in [2.05, 4.69) is 15.7 Å². The van der Waals surface area contributed by atoms with Gasteiger partial charge in [0.25, 0.3) is 5.91 Å². The molecule has 162 valence electrons. The molecule has 0 radical (unpaired) electrons. The summed E-state index contributed by atoms with van der Waals surface area (Å²) in [6, 6.07) is 20.7. The van der Waals surface area contributed by atoms with E-state index in [9.17, 15) is 4.79 Å². The second-order valence-corrected chi connectivity index (χ2v) is 8.99. The highest BCUT2D eigenvalue weighted by atomic mass is 35.5. The molecule has 4 rings (SSSR count). The van der Waals surface area contributed by atoms with Crippen molar-refractivity contribution in [3.8, 4) is 16.9 Å². The second kappa shape index (κ2) is 9.98. The van der Waals surface area contributed by atoms with E-state index in [0.29, 0.717) is 22.9 Å². The van der Waals surface area contributed by atoms with Gasteiger partial charge in [0.05, 0.1) is 17.3 Å². The molecular weight excluding hydrogens is 440 g/mol. The zero-order valence-corrected chi connectivity index (χ0v) is 19.5. The zero-order valence-electron chi connectivity index (χ0n) is 17.9. The quantitative estimate of drug-likeness (QED) is 0.323. The normalized spacial score (nSPS) is 10.7. The molecule has 32 heavy (non-hydrogen) atoms. The summed E-state index contributed by atoms with van der Waals surface area (Å²) in [4.78, 5) is 17.5. The van der Waals surface area contributed by atoms with Crippen molar-refractivity contribution in [1.82, 2.24) is 4.98 Å². The van der Waals surface area contributed by atoms with Crippen LogP contribution in [0, 0.1) is 13.8 Å². The summed E-state index contributed by atoms with van der Waals surface area (Å²) in [6.45, 7) is 4.56. The highest BCUT2D eigenvalue weighted by Crippen LogP contribution is 2.27. The summed E-state index contributed by atoms with van der Waals surface area (Å²) in [6.07, 6.45) is 0.768. The Balaban J connectivity index is 1.42. The van der Waals surface area contributed by atoms with Crippen LogP contribution in [0.3, 0.4) is 0 Å². The van der Waals surface area contributed by atoms with Gasteiger partial charge < -0.3 is 10.1 Å². The van der Waals surface area contributed by atoms with Gasteiger partial charge >= 0.3 is 0 Å². The topological polar surface area (TPSA) is 51.2 Å². The summed E-state index contributed by atoms with van der Waals surface area (Å²) in [5, 5.41) is 6.76. The molecule has 0 aliphatic carbocycles. The molecule has 1 aromatic heterocycles. The first-order valence-corrected chi connectivity index (χ1v) is 11.6. The monoisotopic (exact) mass is 462 g/mol. The Labute approximate surface area is 196 Å². The van der Waals surface area contributed by atoms with Gasteiger partial charge in [-0.15, -0.1) is 11.3 Å². The molecule has 0 fully saturated rings. The number of thiazole rings is 1. The third-order valence-electron chi connectivity index (χ3n) is 4.98. The summed E-state index contributed by atoms with van der Waals surface area (Å²) >= 11 is 7.67. The molecule has 0 aliphatic heterocycles. The lowest BCUT2D eigenvalue weighted by Gasteiger charge is -2.12. The number of ether oxygens (including phenoxy) is 1. The molecule has 0 saturated heterocycles. The predicted octanol–water partition coefficient (Wildman–Crippen LogP) is 6.95. The number of aryl methyl sites for hydroxylation is 2. The number of nitrogens with zero attached hydrogens (tertiary/aromatic N) is 1. The SMILES string of the molecule is Cc1ccc(C(=O)Nc2ccc(OCCc3csc(C)n3)cc2)c(-c2ccc(Cl)cc2)c1. The highest BCUT2D eigenvalue weighted by molar-refractivity contribution is 7.09. The number of anilines is 1. The molecule has 1 heterocycles. The molecule has 0 aliphatic rings. The molecule has 0 unspecified atom stereocenters. The number of carbonyl (C=O) groups is 1. The van der Waals surface area contributed by atoms with E-state index in [1.165, 1.54) is 0 Å². The minimum atomic E-state index is -0.164. The third kappa shape index (κ3) is 5.55. The molecule has 1 N–H and O–H groups in total. The molecule has 0 spiro atoms. The zero-order chi connectivity index (χ0) is 22.5. The van der Waals surface area contributed by atoms with Gasteiger partial charge in [-0.3, -0.25) is 4.79 Å². The smallest absolute Gasteiger partial charge is 0.256 e. The third-order valence-corrected chi connectivity index (χ3v) is 6.05. The van der Waals surface area contributed by atoms with Crippen molar-refractivity contribution in [2.75, 3.05) is 11.9 Å². The number of hydrogen-bond donors (Lipinski definition) is 1. The van der Waals surface area contributed by atoms with Gasteiger partial charge in [0, 0.05) is 28.1 Å². The van der Waals surface area contributed by atoms with Crippen LogP contribution >= 0.6 is 22.9 Å². The minimum absolute atomic E-state index is 0.164. The maximum atomic E-state index is 13.0. The van der Waals surface area contributed by atoms with Crippen molar-refractivity contribution < 1.29 is 9.53 Å². The molecule has 4 aromatic rings. The number of nitrogens with one attached hydrogen (secondary N) is 1. The maximum Gasteiger partial charge on any atom is 0.256 e. The van der Waals surface area contributed by atoms with Crippen LogP contribution < -0.4 is 10.1 Å². The first-order valence-electron chi connectivity index (χ1n) is 10.3. The molecule has 6 heteroatoms.